The van der Waals surface area contributed by atoms with Crippen LogP contribution in [0.5, 0.6) is 0 Å². The molecular formula is C22H28N4O6S3. The molecule has 3 heterocycles. The van der Waals surface area contributed by atoms with Crippen molar-refractivity contribution in [3.63, 3.8) is 0 Å². The number of nitrogens with one attached hydrogen (secondary N) is 2. The second-order valence-corrected chi connectivity index (χ2v) is 14.6. The average Bonchev–Trinajstić information content (AvgIpc) is 3.16. The van der Waals surface area contributed by atoms with Crippen molar-refractivity contribution in [3.8, 4) is 0 Å². The van der Waals surface area contributed by atoms with E-state index in [1.165, 1.54) is 12.8 Å². The quantitative estimate of drug-likeness (QED) is 0.481. The predicted molar refractivity (Wildman–Crippen MR) is 131 cm³/mol. The lowest BCUT2D eigenvalue weighted by molar-refractivity contribution is -0.133. The molecule has 5 aliphatic rings. The summed E-state index contributed by atoms with van der Waals surface area (Å²) in [5.41, 5.74) is 0.228. The van der Waals surface area contributed by atoms with Crippen molar-refractivity contribution >= 4 is 48.1 Å². The van der Waals surface area contributed by atoms with Crippen molar-refractivity contribution < 1.29 is 26.7 Å². The molecule has 1 aromatic heterocycles. The summed E-state index contributed by atoms with van der Waals surface area (Å²) >= 11 is 1.09. The lowest BCUT2D eigenvalue weighted by Crippen LogP contribution is -2.54. The normalized spacial score (nSPS) is 31.3. The number of amidine groups is 1. The first-order chi connectivity index (χ1) is 16.5. The molecule has 10 nitrogen and oxygen atoms in total. The smallest absolute Gasteiger partial charge is 0.287 e. The zero-order valence-electron chi connectivity index (χ0n) is 19.2. The molecule has 3 N–H and O–H groups in total. The first-order valence-corrected chi connectivity index (χ1v) is 16.2. The number of anilines is 1. The molecule has 3 saturated carbocycles. The number of aliphatic hydroxyl groups excluding tert-OH is 1. The van der Waals surface area contributed by atoms with Gasteiger partial charge in [0.2, 0.25) is 10.0 Å². The lowest BCUT2D eigenvalue weighted by atomic mass is 9.77. The van der Waals surface area contributed by atoms with Gasteiger partial charge in [0, 0.05) is 30.6 Å². The third-order valence-electron chi connectivity index (χ3n) is 8.03. The van der Waals surface area contributed by atoms with Gasteiger partial charge < -0.3 is 15.3 Å². The van der Waals surface area contributed by atoms with Gasteiger partial charge in [-0.3, -0.25) is 4.79 Å². The van der Waals surface area contributed by atoms with E-state index in [1.54, 1.807) is 5.38 Å². The molecule has 0 aromatic carbocycles. The Balaban J connectivity index is 1.37. The summed E-state index contributed by atoms with van der Waals surface area (Å²) in [6.07, 6.45) is 7.31. The first kappa shape index (κ1) is 23.4. The largest absolute Gasteiger partial charge is 0.511 e. The maximum atomic E-state index is 13.7. The predicted octanol–water partition coefficient (Wildman–Crippen LogP) is 2.18. The Morgan fingerprint density at radius 3 is 2.71 bits per heavy atom. The number of hydrogen-bond acceptors (Lipinski definition) is 8. The van der Waals surface area contributed by atoms with E-state index < -0.39 is 20.0 Å². The molecule has 4 atom stereocenters. The Hall–Kier alpha value is -1.96. The summed E-state index contributed by atoms with van der Waals surface area (Å²) in [5.74, 6) is 0.543. The molecule has 2 unspecified atom stereocenters. The number of amides is 1. The molecule has 1 aromatic rings. The van der Waals surface area contributed by atoms with Crippen LogP contribution in [0.15, 0.2) is 26.0 Å². The Labute approximate surface area is 208 Å². The van der Waals surface area contributed by atoms with Crippen LogP contribution in [-0.4, -0.2) is 57.4 Å². The minimum atomic E-state index is -4.22. The van der Waals surface area contributed by atoms with E-state index >= 15 is 0 Å². The third kappa shape index (κ3) is 4.00. The summed E-state index contributed by atoms with van der Waals surface area (Å²) in [6, 6.07) is -0.0319. The molecule has 0 radical (unpaired) electrons. The van der Waals surface area contributed by atoms with E-state index in [0.717, 1.165) is 43.3 Å². The van der Waals surface area contributed by atoms with Crippen LogP contribution < -0.4 is 10.0 Å². The van der Waals surface area contributed by atoms with Gasteiger partial charge in [-0.05, 0) is 48.8 Å². The molecule has 3 fully saturated rings. The van der Waals surface area contributed by atoms with E-state index in [0.29, 0.717) is 18.4 Å². The summed E-state index contributed by atoms with van der Waals surface area (Å²) in [4.78, 5) is 15.5. The number of hydrogen-bond donors (Lipinski definition) is 3. The Morgan fingerprint density at radius 1 is 1.26 bits per heavy atom. The van der Waals surface area contributed by atoms with Crippen LogP contribution in [0.1, 0.15) is 44.1 Å². The monoisotopic (exact) mass is 540 g/mol. The van der Waals surface area contributed by atoms with Gasteiger partial charge in [-0.25, -0.2) is 13.1 Å². The molecule has 6 rings (SSSR count). The Morgan fingerprint density at radius 2 is 2.00 bits per heavy atom. The lowest BCUT2D eigenvalue weighted by Gasteiger charge is -2.44. The topological polar surface area (TPSA) is 145 Å². The molecule has 2 aliphatic heterocycles. The van der Waals surface area contributed by atoms with Gasteiger partial charge in [-0.15, -0.1) is 15.7 Å². The Bertz CT molecular complexity index is 1380. The van der Waals surface area contributed by atoms with Crippen LogP contribution in [0.2, 0.25) is 0 Å². The number of carbonyl (C=O) groups is 1. The van der Waals surface area contributed by atoms with Crippen LogP contribution >= 0.6 is 11.3 Å². The van der Waals surface area contributed by atoms with Gasteiger partial charge in [0.1, 0.15) is 21.2 Å². The fourth-order valence-corrected chi connectivity index (χ4v) is 9.36. The van der Waals surface area contributed by atoms with Crippen molar-refractivity contribution in [1.29, 1.82) is 0 Å². The summed E-state index contributed by atoms with van der Waals surface area (Å²) in [6.45, 7) is 0.418. The molecule has 2 bridgehead atoms. The zero-order valence-corrected chi connectivity index (χ0v) is 21.7. The van der Waals surface area contributed by atoms with Crippen molar-refractivity contribution in [2.24, 2.45) is 28.1 Å². The molecule has 0 saturated heterocycles. The molecule has 0 spiro atoms. The van der Waals surface area contributed by atoms with Gasteiger partial charge in [0.05, 0.1) is 6.26 Å². The van der Waals surface area contributed by atoms with Gasteiger partial charge in [-0.2, -0.15) is 8.42 Å². The summed E-state index contributed by atoms with van der Waals surface area (Å²) in [5, 5.41) is 16.1. The number of thiophene rings is 1. The number of fused-ring (bicyclic) bond motifs is 6. The highest BCUT2D eigenvalue weighted by molar-refractivity contribution is 7.91. The van der Waals surface area contributed by atoms with Crippen molar-refractivity contribution in [1.82, 2.24) is 9.62 Å². The van der Waals surface area contributed by atoms with Crippen molar-refractivity contribution in [2.45, 2.75) is 56.0 Å². The van der Waals surface area contributed by atoms with E-state index in [-0.39, 0.29) is 63.0 Å². The summed E-state index contributed by atoms with van der Waals surface area (Å²) < 4.78 is 55.5. The molecule has 190 valence electrons. The molecule has 1 amide bonds. The summed E-state index contributed by atoms with van der Waals surface area (Å²) in [7, 11) is -7.74. The number of nitrogens with zero attached hydrogens (tertiary/aromatic N) is 2. The van der Waals surface area contributed by atoms with E-state index in [9.17, 15) is 26.7 Å². The fourth-order valence-electron chi connectivity index (χ4n) is 6.34. The minimum absolute atomic E-state index is 0.0319. The highest BCUT2D eigenvalue weighted by Crippen LogP contribution is 2.55. The molecule has 13 heteroatoms. The number of aliphatic hydroxyl groups is 1. The number of sulfonamides is 2. The van der Waals surface area contributed by atoms with Gasteiger partial charge >= 0.3 is 0 Å². The second-order valence-electron chi connectivity index (χ2n) is 10.4. The van der Waals surface area contributed by atoms with Gasteiger partial charge in [0.15, 0.2) is 5.84 Å². The second kappa shape index (κ2) is 8.02. The standard InChI is InChI=1S/C22H28N4O6S3/c1-34(29,30)23-9-14-10-33-21-19(14)35(31,32)25-20(24-21)16-18(27)15-12-4-5-13(8-12)17(15)26(22(16)28)7-6-11-2-3-11/h10-13,15,17,23,27H,2-9H2,1H3,(H,24,25)/t12?,13?,15-,17+/m1/s1. The van der Waals surface area contributed by atoms with Crippen LogP contribution in [0, 0.1) is 23.7 Å². The number of carbonyl (C=O) groups excluding carboxylic acids is 1. The van der Waals surface area contributed by atoms with Crippen LogP contribution in [-0.2, 0) is 31.4 Å². The van der Waals surface area contributed by atoms with Crippen LogP contribution in [0.25, 0.3) is 0 Å². The average molecular weight is 541 g/mol. The third-order valence-corrected chi connectivity index (χ3v) is 11.2. The molecule has 3 aliphatic carbocycles. The minimum Gasteiger partial charge on any atom is -0.511 e. The van der Waals surface area contributed by atoms with E-state index in [1.807, 2.05) is 4.90 Å². The molecular weight excluding hydrogens is 512 g/mol. The van der Waals surface area contributed by atoms with Crippen LogP contribution in [0.4, 0.5) is 5.00 Å². The van der Waals surface area contributed by atoms with E-state index in [2.05, 4.69) is 14.4 Å². The highest BCUT2D eigenvalue weighted by Gasteiger charge is 2.57. The van der Waals surface area contributed by atoms with Crippen LogP contribution in [0.3, 0.4) is 0 Å². The first-order valence-electron chi connectivity index (χ1n) is 11.9. The Kier molecular flexibility index (Phi) is 5.37. The van der Waals surface area contributed by atoms with Crippen molar-refractivity contribution in [2.75, 3.05) is 18.1 Å². The molecule has 35 heavy (non-hydrogen) atoms. The fraction of sp³-hybridized carbons (Fsp3) is 0.636. The van der Waals surface area contributed by atoms with E-state index in [4.69, 9.17) is 0 Å². The maximum Gasteiger partial charge on any atom is 0.287 e. The van der Waals surface area contributed by atoms with Gasteiger partial charge in [-0.1, -0.05) is 12.8 Å². The van der Waals surface area contributed by atoms with Crippen molar-refractivity contribution in [3.05, 3.63) is 22.3 Å². The maximum absolute atomic E-state index is 13.7. The SMILES string of the molecule is CS(=O)(=O)NCc1csc2c1S(=O)(=O)N=C(C1=C(O)[C@@H]3C4CCC(C4)[C@@H]3N(CCC3CC3)C1=O)N2. The highest BCUT2D eigenvalue weighted by atomic mass is 32.2. The van der Waals surface area contributed by atoms with Gasteiger partial charge in [0.25, 0.3) is 15.9 Å². The number of rotatable bonds is 7. The zero-order chi connectivity index (χ0) is 24.7.